The first kappa shape index (κ1) is 15.4. The van der Waals surface area contributed by atoms with Crippen molar-refractivity contribution in [1.82, 2.24) is 5.32 Å². The molecular formula is C15H31NS. The fourth-order valence-electron chi connectivity index (χ4n) is 2.90. The van der Waals surface area contributed by atoms with E-state index in [0.29, 0.717) is 4.75 Å². The van der Waals surface area contributed by atoms with Crippen LogP contribution in [0.1, 0.15) is 59.3 Å². The van der Waals surface area contributed by atoms with Gasteiger partial charge >= 0.3 is 0 Å². The summed E-state index contributed by atoms with van der Waals surface area (Å²) in [5.74, 6) is 1.92. The minimum absolute atomic E-state index is 0.474. The molecule has 0 atom stereocenters. The van der Waals surface area contributed by atoms with Crippen molar-refractivity contribution in [2.75, 3.05) is 19.3 Å². The van der Waals surface area contributed by atoms with Gasteiger partial charge in [-0.05, 0) is 50.3 Å². The molecule has 0 aliphatic heterocycles. The lowest BCUT2D eigenvalue weighted by Gasteiger charge is -2.32. The van der Waals surface area contributed by atoms with Gasteiger partial charge in [-0.1, -0.05) is 33.6 Å². The maximum Gasteiger partial charge on any atom is 0.0276 e. The standard InChI is InChI=1S/C15H31NS/c1-5-15(6-2,17-4)12-16-11-14-9-7-13(3)8-10-14/h13-14,16H,5-12H2,1-4H3. The van der Waals surface area contributed by atoms with Gasteiger partial charge in [0, 0.05) is 11.3 Å². The maximum absolute atomic E-state index is 3.74. The minimum Gasteiger partial charge on any atom is -0.315 e. The van der Waals surface area contributed by atoms with E-state index in [0.717, 1.165) is 11.8 Å². The molecule has 0 radical (unpaired) electrons. The molecular weight excluding hydrogens is 226 g/mol. The summed E-state index contributed by atoms with van der Waals surface area (Å²) in [6.45, 7) is 9.48. The van der Waals surface area contributed by atoms with Crippen LogP contribution in [-0.2, 0) is 0 Å². The second kappa shape index (κ2) is 7.68. The Morgan fingerprint density at radius 3 is 2.18 bits per heavy atom. The Labute approximate surface area is 113 Å². The molecule has 0 saturated heterocycles. The van der Waals surface area contributed by atoms with Crippen LogP contribution >= 0.6 is 11.8 Å². The van der Waals surface area contributed by atoms with Crippen molar-refractivity contribution in [2.24, 2.45) is 11.8 Å². The SMILES string of the molecule is CCC(CC)(CNCC1CCC(C)CC1)SC. The molecule has 0 spiro atoms. The van der Waals surface area contributed by atoms with Crippen molar-refractivity contribution in [2.45, 2.75) is 64.0 Å². The molecule has 1 N–H and O–H groups in total. The van der Waals surface area contributed by atoms with Crippen molar-refractivity contribution in [3.8, 4) is 0 Å². The zero-order valence-electron chi connectivity index (χ0n) is 12.2. The molecule has 0 aromatic heterocycles. The first-order valence-corrected chi connectivity index (χ1v) is 8.64. The maximum atomic E-state index is 3.74. The van der Waals surface area contributed by atoms with E-state index >= 15 is 0 Å². The van der Waals surface area contributed by atoms with Gasteiger partial charge in [-0.2, -0.15) is 11.8 Å². The highest BCUT2D eigenvalue weighted by molar-refractivity contribution is 8.00. The predicted molar refractivity (Wildman–Crippen MR) is 80.8 cm³/mol. The lowest BCUT2D eigenvalue weighted by atomic mass is 9.83. The van der Waals surface area contributed by atoms with Crippen molar-refractivity contribution in [3.63, 3.8) is 0 Å². The Balaban J connectivity index is 2.22. The van der Waals surface area contributed by atoms with Crippen molar-refractivity contribution in [3.05, 3.63) is 0 Å². The molecule has 1 fully saturated rings. The third-order valence-corrected chi connectivity index (χ3v) is 6.33. The summed E-state index contributed by atoms with van der Waals surface area (Å²) in [5, 5.41) is 3.74. The van der Waals surface area contributed by atoms with Gasteiger partial charge in [0.15, 0.2) is 0 Å². The van der Waals surface area contributed by atoms with Crippen LogP contribution in [0.3, 0.4) is 0 Å². The van der Waals surface area contributed by atoms with Crippen LogP contribution < -0.4 is 5.32 Å². The van der Waals surface area contributed by atoms with Gasteiger partial charge in [-0.3, -0.25) is 0 Å². The fraction of sp³-hybridized carbons (Fsp3) is 1.00. The zero-order chi connectivity index (χ0) is 12.7. The molecule has 0 bridgehead atoms. The third kappa shape index (κ3) is 4.82. The first-order valence-electron chi connectivity index (χ1n) is 7.41. The average Bonchev–Trinajstić information content (AvgIpc) is 2.38. The van der Waals surface area contributed by atoms with Crippen LogP contribution in [0.5, 0.6) is 0 Å². The van der Waals surface area contributed by atoms with E-state index in [1.165, 1.54) is 51.6 Å². The Kier molecular flexibility index (Phi) is 6.94. The van der Waals surface area contributed by atoms with Crippen LogP contribution in [0.4, 0.5) is 0 Å². The molecule has 17 heavy (non-hydrogen) atoms. The summed E-state index contributed by atoms with van der Waals surface area (Å²) >= 11 is 2.04. The van der Waals surface area contributed by atoms with E-state index in [1.54, 1.807) is 0 Å². The monoisotopic (exact) mass is 257 g/mol. The summed E-state index contributed by atoms with van der Waals surface area (Å²) in [7, 11) is 0. The molecule has 102 valence electrons. The second-order valence-corrected chi connectivity index (χ2v) is 7.13. The van der Waals surface area contributed by atoms with E-state index in [4.69, 9.17) is 0 Å². The van der Waals surface area contributed by atoms with Gasteiger partial charge in [0.2, 0.25) is 0 Å². The van der Waals surface area contributed by atoms with Gasteiger partial charge in [-0.25, -0.2) is 0 Å². The molecule has 0 amide bonds. The summed E-state index contributed by atoms with van der Waals surface area (Å²) in [6.07, 6.45) is 10.6. The molecule has 0 unspecified atom stereocenters. The van der Waals surface area contributed by atoms with E-state index < -0.39 is 0 Å². The predicted octanol–water partition coefficient (Wildman–Crippen LogP) is 4.32. The zero-order valence-corrected chi connectivity index (χ0v) is 13.0. The molecule has 1 saturated carbocycles. The number of thioether (sulfide) groups is 1. The average molecular weight is 257 g/mol. The topological polar surface area (TPSA) is 12.0 Å². The first-order chi connectivity index (χ1) is 8.15. The Morgan fingerprint density at radius 1 is 1.12 bits per heavy atom. The Hall–Kier alpha value is 0.310. The van der Waals surface area contributed by atoms with Crippen molar-refractivity contribution >= 4 is 11.8 Å². The van der Waals surface area contributed by atoms with Crippen LogP contribution in [-0.4, -0.2) is 24.1 Å². The second-order valence-electron chi connectivity index (χ2n) is 5.85. The summed E-state index contributed by atoms with van der Waals surface area (Å²) < 4.78 is 0.474. The van der Waals surface area contributed by atoms with Crippen molar-refractivity contribution in [1.29, 1.82) is 0 Å². The van der Waals surface area contributed by atoms with Gasteiger partial charge in [0.1, 0.15) is 0 Å². The number of rotatable bonds is 7. The lowest BCUT2D eigenvalue weighted by molar-refractivity contribution is 0.278. The van der Waals surface area contributed by atoms with Crippen LogP contribution in [0.25, 0.3) is 0 Å². The normalized spacial score (nSPS) is 26.1. The molecule has 1 aliphatic carbocycles. The van der Waals surface area contributed by atoms with Crippen molar-refractivity contribution < 1.29 is 0 Å². The number of hydrogen-bond donors (Lipinski definition) is 1. The van der Waals surface area contributed by atoms with E-state index in [1.807, 2.05) is 11.8 Å². The van der Waals surface area contributed by atoms with Gasteiger partial charge in [0.25, 0.3) is 0 Å². The van der Waals surface area contributed by atoms with E-state index in [9.17, 15) is 0 Å². The largest absolute Gasteiger partial charge is 0.315 e. The fourth-order valence-corrected chi connectivity index (χ4v) is 3.72. The highest BCUT2D eigenvalue weighted by Gasteiger charge is 2.25. The molecule has 0 aromatic carbocycles. The van der Waals surface area contributed by atoms with E-state index in [-0.39, 0.29) is 0 Å². The quantitative estimate of drug-likeness (QED) is 0.729. The van der Waals surface area contributed by atoms with Crippen LogP contribution in [0, 0.1) is 11.8 Å². The third-order valence-electron chi connectivity index (χ3n) is 4.74. The molecule has 1 aliphatic rings. The van der Waals surface area contributed by atoms with Gasteiger partial charge in [0.05, 0.1) is 0 Å². The molecule has 1 rings (SSSR count). The Morgan fingerprint density at radius 2 is 1.71 bits per heavy atom. The summed E-state index contributed by atoms with van der Waals surface area (Å²) in [4.78, 5) is 0. The van der Waals surface area contributed by atoms with Gasteiger partial charge < -0.3 is 5.32 Å². The smallest absolute Gasteiger partial charge is 0.0276 e. The minimum atomic E-state index is 0.474. The van der Waals surface area contributed by atoms with Crippen LogP contribution in [0.15, 0.2) is 0 Å². The summed E-state index contributed by atoms with van der Waals surface area (Å²) in [6, 6.07) is 0. The van der Waals surface area contributed by atoms with E-state index in [2.05, 4.69) is 32.3 Å². The van der Waals surface area contributed by atoms with Crippen LogP contribution in [0.2, 0.25) is 0 Å². The molecule has 0 aromatic rings. The molecule has 0 heterocycles. The molecule has 1 nitrogen and oxygen atoms in total. The lowest BCUT2D eigenvalue weighted by Crippen LogP contribution is -2.39. The summed E-state index contributed by atoms with van der Waals surface area (Å²) in [5.41, 5.74) is 0. The molecule has 2 heteroatoms. The Bertz CT molecular complexity index is 185. The number of nitrogens with one attached hydrogen (secondary N) is 1. The highest BCUT2D eigenvalue weighted by atomic mass is 32.2. The number of hydrogen-bond acceptors (Lipinski definition) is 2. The highest BCUT2D eigenvalue weighted by Crippen LogP contribution is 2.30. The van der Waals surface area contributed by atoms with Gasteiger partial charge in [-0.15, -0.1) is 0 Å².